The van der Waals surface area contributed by atoms with Gasteiger partial charge in [0.05, 0.1) is 11.8 Å². The number of nitrogens with one attached hydrogen (secondary N) is 2. The van der Waals surface area contributed by atoms with E-state index < -0.39 is 0 Å². The zero-order chi connectivity index (χ0) is 18.8. The fraction of sp³-hybridized carbons (Fsp3) is 0.632. The van der Waals surface area contributed by atoms with Crippen molar-refractivity contribution in [2.45, 2.75) is 58.4 Å². The average molecular weight is 396 g/mol. The third-order valence-electron chi connectivity index (χ3n) is 5.73. The van der Waals surface area contributed by atoms with E-state index in [9.17, 15) is 9.59 Å². The molecule has 27 heavy (non-hydrogen) atoms. The van der Waals surface area contributed by atoms with Gasteiger partial charge >= 0.3 is 0 Å². The van der Waals surface area contributed by atoms with Crippen LogP contribution in [0.2, 0.25) is 0 Å². The van der Waals surface area contributed by atoms with E-state index in [1.54, 1.807) is 11.7 Å². The number of aromatic amines is 1. The summed E-state index contributed by atoms with van der Waals surface area (Å²) in [7, 11) is 1.76. The van der Waals surface area contributed by atoms with Crippen LogP contribution in [-0.2, 0) is 18.3 Å². The Bertz CT molecular complexity index is 867. The Hall–Kier alpha value is -1.86. The molecule has 1 amide bonds. The number of carbonyl (C=O) groups excluding carboxylic acids is 1. The van der Waals surface area contributed by atoms with E-state index in [1.807, 2.05) is 13.8 Å². The molecule has 2 heterocycles. The number of nitrogens with zero attached hydrogens (tertiary/aromatic N) is 2. The van der Waals surface area contributed by atoms with Gasteiger partial charge in [-0.3, -0.25) is 19.4 Å². The molecule has 4 N–H and O–H groups in total. The van der Waals surface area contributed by atoms with E-state index in [0.29, 0.717) is 23.5 Å². The van der Waals surface area contributed by atoms with Crippen molar-refractivity contribution in [1.82, 2.24) is 20.1 Å². The molecule has 3 rings (SSSR count). The van der Waals surface area contributed by atoms with Crippen molar-refractivity contribution in [2.24, 2.45) is 18.7 Å². The normalized spacial score (nSPS) is 16.1. The Morgan fingerprint density at radius 1 is 1.33 bits per heavy atom. The standard InChI is InChI=1S/C19H29N5O2.ClH/c1-11-14(12(2)21-18-17(11)19(26)23-24(18)3)9-16(25)22-15(10-20)13-7-5-4-6-8-13;/h13,15H,4-10,20H2,1-3H3,(H,22,25)(H,23,26);1H. The van der Waals surface area contributed by atoms with Crippen molar-refractivity contribution >= 4 is 29.3 Å². The molecule has 0 spiro atoms. The molecule has 1 saturated carbocycles. The second kappa shape index (κ2) is 8.89. The summed E-state index contributed by atoms with van der Waals surface area (Å²) in [5.41, 5.74) is 8.81. The first-order chi connectivity index (χ1) is 12.4. The SMILES string of the molecule is Cc1nc2c(c(C)c1CC(=O)NC(CN)C1CCCCC1)c(=O)[nH]n2C.Cl. The summed E-state index contributed by atoms with van der Waals surface area (Å²) in [5.74, 6) is 0.420. The van der Waals surface area contributed by atoms with Crippen LogP contribution in [0.1, 0.15) is 48.9 Å². The lowest BCUT2D eigenvalue weighted by atomic mass is 9.84. The average Bonchev–Trinajstić information content (AvgIpc) is 2.91. The molecule has 2 aromatic heterocycles. The molecule has 150 valence electrons. The van der Waals surface area contributed by atoms with Gasteiger partial charge in [0, 0.05) is 25.3 Å². The summed E-state index contributed by atoms with van der Waals surface area (Å²) in [6, 6.07) is 0.0280. The molecular weight excluding hydrogens is 366 g/mol. The summed E-state index contributed by atoms with van der Waals surface area (Å²) in [6.45, 7) is 4.23. The lowest BCUT2D eigenvalue weighted by molar-refractivity contribution is -0.121. The molecular formula is C19H30ClN5O2. The number of hydrogen-bond donors (Lipinski definition) is 3. The molecule has 0 saturated heterocycles. The Morgan fingerprint density at radius 3 is 2.63 bits per heavy atom. The van der Waals surface area contributed by atoms with Gasteiger partial charge in [0.25, 0.3) is 5.56 Å². The van der Waals surface area contributed by atoms with Gasteiger partial charge in [-0.15, -0.1) is 12.4 Å². The number of nitrogens with two attached hydrogens (primary N) is 1. The summed E-state index contributed by atoms with van der Waals surface area (Å²) in [4.78, 5) is 29.4. The van der Waals surface area contributed by atoms with Gasteiger partial charge in [-0.25, -0.2) is 4.98 Å². The minimum Gasteiger partial charge on any atom is -0.352 e. The number of aromatic nitrogens is 3. The molecule has 8 heteroatoms. The van der Waals surface area contributed by atoms with Gasteiger partial charge in [0.15, 0.2) is 5.65 Å². The molecule has 2 aromatic rings. The molecule has 1 fully saturated rings. The fourth-order valence-electron chi connectivity index (χ4n) is 4.23. The van der Waals surface area contributed by atoms with Crippen LogP contribution in [0.4, 0.5) is 0 Å². The first-order valence-corrected chi connectivity index (χ1v) is 9.46. The molecule has 0 radical (unpaired) electrons. The number of amides is 1. The topological polar surface area (TPSA) is 106 Å². The van der Waals surface area contributed by atoms with Gasteiger partial charge in [-0.05, 0) is 43.7 Å². The minimum absolute atomic E-state index is 0. The highest BCUT2D eigenvalue weighted by Gasteiger charge is 2.25. The predicted molar refractivity (Wildman–Crippen MR) is 109 cm³/mol. The van der Waals surface area contributed by atoms with Crippen LogP contribution < -0.4 is 16.6 Å². The van der Waals surface area contributed by atoms with E-state index in [0.717, 1.165) is 29.7 Å². The van der Waals surface area contributed by atoms with Gasteiger partial charge in [0.2, 0.25) is 5.91 Å². The minimum atomic E-state index is -0.170. The van der Waals surface area contributed by atoms with Crippen LogP contribution in [0.3, 0.4) is 0 Å². The number of fused-ring (bicyclic) bond motifs is 1. The zero-order valence-electron chi connectivity index (χ0n) is 16.3. The molecule has 0 aromatic carbocycles. The van der Waals surface area contributed by atoms with Crippen LogP contribution in [0.25, 0.3) is 11.0 Å². The molecule has 1 aliphatic carbocycles. The maximum Gasteiger partial charge on any atom is 0.273 e. The lowest BCUT2D eigenvalue weighted by Crippen LogP contribution is -2.46. The highest BCUT2D eigenvalue weighted by Crippen LogP contribution is 2.26. The smallest absolute Gasteiger partial charge is 0.273 e. The summed E-state index contributed by atoms with van der Waals surface area (Å²) >= 11 is 0. The number of rotatable bonds is 5. The third kappa shape index (κ3) is 4.35. The van der Waals surface area contributed by atoms with Crippen molar-refractivity contribution in [3.63, 3.8) is 0 Å². The first-order valence-electron chi connectivity index (χ1n) is 9.46. The molecule has 7 nitrogen and oxygen atoms in total. The van der Waals surface area contributed by atoms with E-state index in [1.165, 1.54) is 19.3 Å². The molecule has 1 atom stereocenters. The highest BCUT2D eigenvalue weighted by atomic mass is 35.5. The third-order valence-corrected chi connectivity index (χ3v) is 5.73. The van der Waals surface area contributed by atoms with Crippen LogP contribution in [0, 0.1) is 19.8 Å². The number of halogens is 1. The maximum absolute atomic E-state index is 12.7. The van der Waals surface area contributed by atoms with Gasteiger partial charge in [0.1, 0.15) is 0 Å². The summed E-state index contributed by atoms with van der Waals surface area (Å²) in [6.07, 6.45) is 6.19. The summed E-state index contributed by atoms with van der Waals surface area (Å²) in [5, 5.41) is 6.41. The number of H-pyrrole nitrogens is 1. The zero-order valence-corrected chi connectivity index (χ0v) is 17.1. The maximum atomic E-state index is 12.7. The van der Waals surface area contributed by atoms with Gasteiger partial charge < -0.3 is 11.1 Å². The van der Waals surface area contributed by atoms with Crippen molar-refractivity contribution in [3.8, 4) is 0 Å². The number of aryl methyl sites for hydroxylation is 3. The van der Waals surface area contributed by atoms with Crippen molar-refractivity contribution in [2.75, 3.05) is 6.54 Å². The lowest BCUT2D eigenvalue weighted by Gasteiger charge is -2.30. The predicted octanol–water partition coefficient (Wildman–Crippen LogP) is 1.87. The fourth-order valence-corrected chi connectivity index (χ4v) is 4.23. The number of hydrogen-bond acceptors (Lipinski definition) is 4. The largest absolute Gasteiger partial charge is 0.352 e. The highest BCUT2D eigenvalue weighted by molar-refractivity contribution is 5.85. The monoisotopic (exact) mass is 395 g/mol. The number of carbonyl (C=O) groups is 1. The van der Waals surface area contributed by atoms with Crippen molar-refractivity contribution in [3.05, 3.63) is 27.2 Å². The van der Waals surface area contributed by atoms with E-state index >= 15 is 0 Å². The van der Waals surface area contributed by atoms with Gasteiger partial charge in [-0.1, -0.05) is 19.3 Å². The molecule has 0 aliphatic heterocycles. The van der Waals surface area contributed by atoms with E-state index in [4.69, 9.17) is 5.73 Å². The Labute approximate surface area is 165 Å². The first kappa shape index (κ1) is 21.4. The van der Waals surface area contributed by atoms with Gasteiger partial charge in [-0.2, -0.15) is 0 Å². The summed E-state index contributed by atoms with van der Waals surface area (Å²) < 4.78 is 1.62. The molecule has 1 unspecified atom stereocenters. The molecule has 0 bridgehead atoms. The van der Waals surface area contributed by atoms with E-state index in [2.05, 4.69) is 15.4 Å². The van der Waals surface area contributed by atoms with Crippen LogP contribution in [0.5, 0.6) is 0 Å². The van der Waals surface area contributed by atoms with Crippen molar-refractivity contribution < 1.29 is 4.79 Å². The quantitative estimate of drug-likeness (QED) is 0.718. The Kier molecular flexibility index (Phi) is 7.06. The van der Waals surface area contributed by atoms with Crippen LogP contribution >= 0.6 is 12.4 Å². The van der Waals surface area contributed by atoms with Crippen LogP contribution in [0.15, 0.2) is 4.79 Å². The van der Waals surface area contributed by atoms with E-state index in [-0.39, 0.29) is 36.3 Å². The molecule has 1 aliphatic rings. The van der Waals surface area contributed by atoms with Crippen LogP contribution in [-0.4, -0.2) is 33.3 Å². The van der Waals surface area contributed by atoms with Crippen molar-refractivity contribution in [1.29, 1.82) is 0 Å². The Morgan fingerprint density at radius 2 is 2.00 bits per heavy atom. The second-order valence-corrected chi connectivity index (χ2v) is 7.48. The second-order valence-electron chi connectivity index (χ2n) is 7.48. The Balaban J connectivity index is 0.00000261. The number of pyridine rings is 1.